The summed E-state index contributed by atoms with van der Waals surface area (Å²) in [6, 6.07) is -1.66. The first-order valence-electron chi connectivity index (χ1n) is 7.10. The van der Waals surface area contributed by atoms with Gasteiger partial charge in [0.05, 0.1) is 13.0 Å². The molecule has 1 heterocycles. The summed E-state index contributed by atoms with van der Waals surface area (Å²) in [5.74, 6) is -6.55. The highest BCUT2D eigenvalue weighted by molar-refractivity contribution is 6.03. The summed E-state index contributed by atoms with van der Waals surface area (Å²) in [4.78, 5) is 35.7. The maximum atomic E-state index is 13.6. The Labute approximate surface area is 127 Å². The predicted molar refractivity (Wildman–Crippen MR) is 72.3 cm³/mol. The summed E-state index contributed by atoms with van der Waals surface area (Å²) in [6.45, 7) is 6.50. The molecule has 0 saturated carbocycles. The Hall–Kier alpha value is -1.73. The van der Waals surface area contributed by atoms with Gasteiger partial charge in [0.1, 0.15) is 11.6 Å². The van der Waals surface area contributed by atoms with E-state index in [1.807, 2.05) is 6.92 Å². The van der Waals surface area contributed by atoms with E-state index >= 15 is 0 Å². The monoisotopic (exact) mass is 321 g/mol. The van der Waals surface area contributed by atoms with Gasteiger partial charge in [-0.1, -0.05) is 13.3 Å². The number of carbonyl (C=O) groups excluding carboxylic acids is 3. The van der Waals surface area contributed by atoms with E-state index in [-0.39, 0.29) is 11.5 Å². The van der Waals surface area contributed by atoms with Crippen LogP contribution >= 0.6 is 0 Å². The Kier molecular flexibility index (Phi) is 5.48. The number of ether oxygens (including phenoxy) is 2. The van der Waals surface area contributed by atoms with E-state index < -0.39 is 42.0 Å². The van der Waals surface area contributed by atoms with Crippen LogP contribution in [0.2, 0.25) is 0 Å². The molecule has 2 amide bonds. The number of likely N-dealkylation sites (tertiary alicyclic amines) is 1. The van der Waals surface area contributed by atoms with E-state index in [9.17, 15) is 23.2 Å². The average molecular weight is 321 g/mol. The molecule has 6 nitrogen and oxygen atoms in total. The van der Waals surface area contributed by atoms with Crippen LogP contribution in [0.15, 0.2) is 0 Å². The number of hydrogen-bond acceptors (Lipinski definition) is 5. The second-order valence-corrected chi connectivity index (χ2v) is 6.10. The van der Waals surface area contributed by atoms with Crippen molar-refractivity contribution in [2.24, 2.45) is 0 Å². The molecule has 0 aromatic heterocycles. The third-order valence-corrected chi connectivity index (χ3v) is 2.90. The molecule has 0 radical (unpaired) electrons. The van der Waals surface area contributed by atoms with Crippen LogP contribution in [0.4, 0.5) is 13.6 Å². The Morgan fingerprint density at radius 3 is 2.45 bits per heavy atom. The van der Waals surface area contributed by atoms with Crippen molar-refractivity contribution < 1.29 is 32.6 Å². The number of esters is 1. The SMILES string of the molecule is CCCCOC(=O)[C@@H]1CC(F)(F)C(=O)N1C(=O)OC(C)(C)C. The van der Waals surface area contributed by atoms with Gasteiger partial charge >= 0.3 is 23.9 Å². The largest absolute Gasteiger partial charge is 0.464 e. The second kappa shape index (κ2) is 6.58. The van der Waals surface area contributed by atoms with Crippen molar-refractivity contribution in [2.75, 3.05) is 6.61 Å². The molecule has 0 aromatic rings. The number of hydrogen-bond donors (Lipinski definition) is 0. The lowest BCUT2D eigenvalue weighted by Gasteiger charge is -2.26. The van der Waals surface area contributed by atoms with Crippen LogP contribution in [0.1, 0.15) is 47.0 Å². The number of alkyl halides is 2. The van der Waals surface area contributed by atoms with Crippen LogP contribution in [-0.2, 0) is 19.1 Å². The summed E-state index contributed by atoms with van der Waals surface area (Å²) in [6.07, 6.45) is -1.04. The van der Waals surface area contributed by atoms with Crippen molar-refractivity contribution >= 4 is 18.0 Å². The lowest BCUT2D eigenvalue weighted by Crippen LogP contribution is -2.47. The first-order chi connectivity index (χ1) is 9.99. The Balaban J connectivity index is 2.90. The van der Waals surface area contributed by atoms with Gasteiger partial charge in [-0.05, 0) is 27.2 Å². The lowest BCUT2D eigenvalue weighted by atomic mass is 10.2. The predicted octanol–water partition coefficient (Wildman–Crippen LogP) is 2.50. The molecule has 0 unspecified atom stereocenters. The van der Waals surface area contributed by atoms with Crippen molar-refractivity contribution in [2.45, 2.75) is 64.5 Å². The summed E-state index contributed by atoms with van der Waals surface area (Å²) in [5, 5.41) is 0. The van der Waals surface area contributed by atoms with Crippen molar-refractivity contribution in [3.05, 3.63) is 0 Å². The van der Waals surface area contributed by atoms with Crippen LogP contribution in [0.25, 0.3) is 0 Å². The lowest BCUT2D eigenvalue weighted by molar-refractivity contribution is -0.153. The molecule has 0 aliphatic carbocycles. The summed E-state index contributed by atoms with van der Waals surface area (Å²) < 4.78 is 36.9. The fourth-order valence-electron chi connectivity index (χ4n) is 1.86. The first-order valence-corrected chi connectivity index (χ1v) is 7.10. The van der Waals surface area contributed by atoms with Crippen LogP contribution in [0.3, 0.4) is 0 Å². The number of unbranched alkanes of at least 4 members (excludes halogenated alkanes) is 1. The average Bonchev–Trinajstić information content (AvgIpc) is 2.59. The number of halogens is 2. The molecule has 1 aliphatic heterocycles. The Bertz CT molecular complexity index is 459. The van der Waals surface area contributed by atoms with E-state index in [4.69, 9.17) is 9.47 Å². The van der Waals surface area contributed by atoms with Gasteiger partial charge < -0.3 is 9.47 Å². The minimum atomic E-state index is -3.79. The summed E-state index contributed by atoms with van der Waals surface area (Å²) >= 11 is 0. The normalized spacial score (nSPS) is 20.9. The topological polar surface area (TPSA) is 72.9 Å². The molecule has 1 fully saturated rings. The third-order valence-electron chi connectivity index (χ3n) is 2.90. The maximum absolute atomic E-state index is 13.6. The van der Waals surface area contributed by atoms with Gasteiger partial charge in [-0.2, -0.15) is 8.78 Å². The molecule has 1 rings (SSSR count). The molecule has 8 heteroatoms. The van der Waals surface area contributed by atoms with Crippen LogP contribution < -0.4 is 0 Å². The zero-order valence-electron chi connectivity index (χ0n) is 13.2. The minimum Gasteiger partial charge on any atom is -0.464 e. The highest BCUT2D eigenvalue weighted by atomic mass is 19.3. The Morgan fingerprint density at radius 1 is 1.36 bits per heavy atom. The van der Waals surface area contributed by atoms with Gasteiger partial charge in [0.2, 0.25) is 0 Å². The number of nitrogens with zero attached hydrogens (tertiary/aromatic N) is 1. The fraction of sp³-hybridized carbons (Fsp3) is 0.786. The van der Waals surface area contributed by atoms with Gasteiger partial charge in [0, 0.05) is 0 Å². The molecule has 1 saturated heterocycles. The summed E-state index contributed by atoms with van der Waals surface area (Å²) in [7, 11) is 0. The molecule has 126 valence electrons. The second-order valence-electron chi connectivity index (χ2n) is 6.10. The molecule has 0 N–H and O–H groups in total. The van der Waals surface area contributed by atoms with E-state index in [2.05, 4.69) is 0 Å². The smallest absolute Gasteiger partial charge is 0.418 e. The van der Waals surface area contributed by atoms with Gasteiger partial charge in [0.25, 0.3) is 0 Å². The zero-order valence-corrected chi connectivity index (χ0v) is 13.2. The highest BCUT2D eigenvalue weighted by Crippen LogP contribution is 2.35. The number of amides is 2. The van der Waals surface area contributed by atoms with Gasteiger partial charge in [0.15, 0.2) is 0 Å². The van der Waals surface area contributed by atoms with Crippen LogP contribution in [-0.4, -0.2) is 47.0 Å². The van der Waals surface area contributed by atoms with Crippen molar-refractivity contribution in [1.29, 1.82) is 0 Å². The standard InChI is InChI=1S/C14H21F2NO5/c1-5-6-7-21-10(18)9-8-14(15,16)11(19)17(9)12(20)22-13(2,3)4/h9H,5-8H2,1-4H3/t9-/m0/s1. The van der Waals surface area contributed by atoms with Gasteiger partial charge in [-0.15, -0.1) is 0 Å². The fourth-order valence-corrected chi connectivity index (χ4v) is 1.86. The maximum Gasteiger partial charge on any atom is 0.418 e. The molecule has 1 atom stereocenters. The van der Waals surface area contributed by atoms with E-state index in [1.54, 1.807) is 0 Å². The van der Waals surface area contributed by atoms with Crippen LogP contribution in [0, 0.1) is 0 Å². The summed E-state index contributed by atoms with van der Waals surface area (Å²) in [5.41, 5.74) is -0.980. The third kappa shape index (κ3) is 4.38. The number of rotatable bonds is 4. The molecule has 0 bridgehead atoms. The van der Waals surface area contributed by atoms with E-state index in [0.29, 0.717) is 6.42 Å². The van der Waals surface area contributed by atoms with Crippen molar-refractivity contribution in [1.82, 2.24) is 4.90 Å². The molecule has 1 aliphatic rings. The molecular weight excluding hydrogens is 300 g/mol. The highest BCUT2D eigenvalue weighted by Gasteiger charge is 2.59. The number of carbonyl (C=O) groups is 3. The Morgan fingerprint density at radius 2 is 1.95 bits per heavy atom. The van der Waals surface area contributed by atoms with Crippen molar-refractivity contribution in [3.8, 4) is 0 Å². The van der Waals surface area contributed by atoms with Crippen molar-refractivity contribution in [3.63, 3.8) is 0 Å². The first kappa shape index (κ1) is 18.3. The quantitative estimate of drug-likeness (QED) is 0.587. The van der Waals surface area contributed by atoms with Crippen LogP contribution in [0.5, 0.6) is 0 Å². The van der Waals surface area contributed by atoms with E-state index in [1.165, 1.54) is 20.8 Å². The number of imide groups is 1. The van der Waals surface area contributed by atoms with Gasteiger partial charge in [-0.3, -0.25) is 4.79 Å². The van der Waals surface area contributed by atoms with E-state index in [0.717, 1.165) is 6.42 Å². The zero-order chi connectivity index (χ0) is 17.1. The molecule has 0 aromatic carbocycles. The molecular formula is C14H21F2NO5. The molecule has 22 heavy (non-hydrogen) atoms. The molecule has 0 spiro atoms. The minimum absolute atomic E-state index is 0.0494. The van der Waals surface area contributed by atoms with Gasteiger partial charge in [-0.25, -0.2) is 14.5 Å².